The molecule has 82 valence electrons. The van der Waals surface area contributed by atoms with Crippen molar-refractivity contribution in [2.75, 3.05) is 0 Å². The highest BCUT2D eigenvalue weighted by Crippen LogP contribution is 2.17. The molecule has 0 heterocycles. The summed E-state index contributed by atoms with van der Waals surface area (Å²) in [6.45, 7) is 10.4. The van der Waals surface area contributed by atoms with Crippen molar-refractivity contribution in [3.8, 4) is 0 Å². The summed E-state index contributed by atoms with van der Waals surface area (Å²) < 4.78 is 0. The molecule has 3 heteroatoms. The summed E-state index contributed by atoms with van der Waals surface area (Å²) in [6, 6.07) is 0. The Morgan fingerprint density at radius 1 is 1.40 bits per heavy atom. The summed E-state index contributed by atoms with van der Waals surface area (Å²) in [5.74, 6) is -1.14. The number of nitrogens with one attached hydrogen (secondary N) is 1. The van der Waals surface area contributed by atoms with Gasteiger partial charge < -0.3 is 5.41 Å². The molecule has 0 radical (unpaired) electrons. The monoisotopic (exact) mass is 207 g/mol. The molecular weight excluding hydrogens is 190 g/mol. The lowest BCUT2D eigenvalue weighted by atomic mass is 9.88. The lowest BCUT2D eigenvalue weighted by Gasteiger charge is -2.14. The van der Waals surface area contributed by atoms with Crippen LogP contribution in [0.4, 0.5) is 0 Å². The van der Waals surface area contributed by atoms with Crippen LogP contribution in [0.1, 0.15) is 20.3 Å². The predicted octanol–water partition coefficient (Wildman–Crippen LogP) is 2.18. The van der Waals surface area contributed by atoms with Crippen LogP contribution >= 0.6 is 0 Å². The molecule has 0 amide bonds. The molecule has 0 unspecified atom stereocenters. The van der Waals surface area contributed by atoms with E-state index in [1.165, 1.54) is 12.3 Å². The molecule has 3 nitrogen and oxygen atoms in total. The zero-order valence-electron chi connectivity index (χ0n) is 9.25. The number of ketones is 2. The molecule has 0 aromatic carbocycles. The molecule has 0 bridgehead atoms. The van der Waals surface area contributed by atoms with Gasteiger partial charge in [-0.1, -0.05) is 27.0 Å². The van der Waals surface area contributed by atoms with Crippen molar-refractivity contribution >= 4 is 17.8 Å². The lowest BCUT2D eigenvalue weighted by molar-refractivity contribution is -0.122. The Balaban J connectivity index is 4.57. The van der Waals surface area contributed by atoms with E-state index in [-0.39, 0.29) is 17.5 Å². The van der Waals surface area contributed by atoms with Gasteiger partial charge in [-0.2, -0.15) is 0 Å². The minimum Gasteiger partial charge on any atom is -0.313 e. The molecule has 0 aromatic rings. The van der Waals surface area contributed by atoms with Crippen LogP contribution in [0.2, 0.25) is 0 Å². The molecular formula is C12H17NO2. The second-order valence-corrected chi connectivity index (χ2v) is 3.56. The van der Waals surface area contributed by atoms with Gasteiger partial charge in [-0.25, -0.2) is 0 Å². The number of rotatable bonds is 7. The molecule has 0 aliphatic carbocycles. The second-order valence-electron chi connectivity index (χ2n) is 3.56. The highest BCUT2D eigenvalue weighted by Gasteiger charge is 2.22. The van der Waals surface area contributed by atoms with Gasteiger partial charge in [0.25, 0.3) is 0 Å². The second kappa shape index (κ2) is 6.06. The molecule has 0 aliphatic heterocycles. The minimum absolute atomic E-state index is 0.152. The van der Waals surface area contributed by atoms with Crippen molar-refractivity contribution in [2.24, 2.45) is 11.8 Å². The first-order chi connectivity index (χ1) is 6.95. The SMILES string of the molecule is C=CC(=O)[C@H](C)C(=C)C(=O)[C@@H](C)CC=N. The fourth-order valence-electron chi connectivity index (χ4n) is 1.16. The maximum absolute atomic E-state index is 11.7. The largest absolute Gasteiger partial charge is 0.313 e. The Kier molecular flexibility index (Phi) is 5.45. The summed E-state index contributed by atoms with van der Waals surface area (Å²) in [7, 11) is 0. The third-order valence-corrected chi connectivity index (χ3v) is 2.39. The standard InChI is InChI=1S/C12H17NO2/c1-5-11(14)9(3)10(4)12(15)8(2)6-7-13/h5,7-9,13H,1,4,6H2,2-3H3/t8-,9+/m0/s1. The van der Waals surface area contributed by atoms with E-state index >= 15 is 0 Å². The molecule has 0 fully saturated rings. The molecule has 15 heavy (non-hydrogen) atoms. The van der Waals surface area contributed by atoms with E-state index in [0.29, 0.717) is 12.0 Å². The number of hydrogen-bond acceptors (Lipinski definition) is 3. The van der Waals surface area contributed by atoms with E-state index in [2.05, 4.69) is 13.2 Å². The van der Waals surface area contributed by atoms with E-state index in [1.54, 1.807) is 13.8 Å². The first kappa shape index (κ1) is 13.5. The summed E-state index contributed by atoms with van der Waals surface area (Å²) in [5, 5.41) is 6.91. The smallest absolute Gasteiger partial charge is 0.162 e. The minimum atomic E-state index is -0.511. The molecule has 0 aliphatic rings. The van der Waals surface area contributed by atoms with Gasteiger partial charge in [0.15, 0.2) is 11.6 Å². The Hall–Kier alpha value is -1.51. The molecule has 2 atom stereocenters. The molecule has 0 spiro atoms. The van der Waals surface area contributed by atoms with Gasteiger partial charge in [0, 0.05) is 11.8 Å². The van der Waals surface area contributed by atoms with Crippen LogP contribution in [0.5, 0.6) is 0 Å². The summed E-state index contributed by atoms with van der Waals surface area (Å²) >= 11 is 0. The van der Waals surface area contributed by atoms with E-state index in [0.717, 1.165) is 0 Å². The Bertz CT molecular complexity index is 305. The van der Waals surface area contributed by atoms with Gasteiger partial charge in [-0.15, -0.1) is 0 Å². The average Bonchev–Trinajstić information content (AvgIpc) is 2.25. The van der Waals surface area contributed by atoms with Crippen LogP contribution in [0.15, 0.2) is 24.8 Å². The fourth-order valence-corrected chi connectivity index (χ4v) is 1.16. The van der Waals surface area contributed by atoms with Crippen LogP contribution in [0.3, 0.4) is 0 Å². The van der Waals surface area contributed by atoms with Crippen molar-refractivity contribution in [3.63, 3.8) is 0 Å². The first-order valence-corrected chi connectivity index (χ1v) is 4.83. The van der Waals surface area contributed by atoms with E-state index in [1.807, 2.05) is 0 Å². The summed E-state index contributed by atoms with van der Waals surface area (Å²) in [6.07, 6.45) is 2.77. The summed E-state index contributed by atoms with van der Waals surface area (Å²) in [5.41, 5.74) is 0.300. The van der Waals surface area contributed by atoms with Gasteiger partial charge in [0.1, 0.15) is 0 Å². The van der Waals surface area contributed by atoms with Gasteiger partial charge in [-0.3, -0.25) is 9.59 Å². The van der Waals surface area contributed by atoms with Crippen molar-refractivity contribution < 1.29 is 9.59 Å². The molecule has 1 N–H and O–H groups in total. The maximum atomic E-state index is 11.7. The molecule has 0 aromatic heterocycles. The predicted molar refractivity (Wildman–Crippen MR) is 61.1 cm³/mol. The number of carbonyl (C=O) groups excluding carboxylic acids is 2. The fraction of sp³-hybridized carbons (Fsp3) is 0.417. The zero-order chi connectivity index (χ0) is 12.0. The van der Waals surface area contributed by atoms with Crippen LogP contribution in [-0.2, 0) is 9.59 Å². The molecule has 0 rings (SSSR count). The van der Waals surface area contributed by atoms with E-state index in [4.69, 9.17) is 5.41 Å². The highest BCUT2D eigenvalue weighted by molar-refractivity contribution is 6.05. The molecule has 0 saturated heterocycles. The third-order valence-electron chi connectivity index (χ3n) is 2.39. The Labute approximate surface area is 90.4 Å². The van der Waals surface area contributed by atoms with E-state index in [9.17, 15) is 9.59 Å². The quantitative estimate of drug-likeness (QED) is 0.514. The first-order valence-electron chi connectivity index (χ1n) is 4.83. The number of Topliss-reactive ketones (excluding diaryl/α,β-unsaturated/α-hetero) is 1. The van der Waals surface area contributed by atoms with Crippen LogP contribution in [0.25, 0.3) is 0 Å². The van der Waals surface area contributed by atoms with Gasteiger partial charge in [-0.05, 0) is 24.3 Å². The average molecular weight is 207 g/mol. The Morgan fingerprint density at radius 2 is 1.93 bits per heavy atom. The van der Waals surface area contributed by atoms with Crippen molar-refractivity contribution in [3.05, 3.63) is 24.8 Å². The highest BCUT2D eigenvalue weighted by atomic mass is 16.1. The lowest BCUT2D eigenvalue weighted by Crippen LogP contribution is -2.21. The van der Waals surface area contributed by atoms with Gasteiger partial charge >= 0.3 is 0 Å². The molecule has 0 saturated carbocycles. The Morgan fingerprint density at radius 3 is 2.33 bits per heavy atom. The maximum Gasteiger partial charge on any atom is 0.162 e. The van der Waals surface area contributed by atoms with Crippen molar-refractivity contribution in [2.45, 2.75) is 20.3 Å². The third kappa shape index (κ3) is 3.62. The number of allylic oxidation sites excluding steroid dienone is 2. The van der Waals surface area contributed by atoms with E-state index < -0.39 is 5.92 Å². The number of hydrogen-bond donors (Lipinski definition) is 1. The zero-order valence-corrected chi connectivity index (χ0v) is 9.25. The van der Waals surface area contributed by atoms with Crippen LogP contribution < -0.4 is 0 Å². The van der Waals surface area contributed by atoms with Crippen molar-refractivity contribution in [1.29, 1.82) is 5.41 Å². The summed E-state index contributed by atoms with van der Waals surface area (Å²) in [4.78, 5) is 23.0. The number of carbonyl (C=O) groups is 2. The topological polar surface area (TPSA) is 58.0 Å². The van der Waals surface area contributed by atoms with Gasteiger partial charge in [0.05, 0.1) is 0 Å². The van der Waals surface area contributed by atoms with Gasteiger partial charge in [0.2, 0.25) is 0 Å². The van der Waals surface area contributed by atoms with Crippen LogP contribution in [0, 0.1) is 17.2 Å². The van der Waals surface area contributed by atoms with Crippen molar-refractivity contribution in [1.82, 2.24) is 0 Å². The normalized spacial score (nSPS) is 13.7. The van der Waals surface area contributed by atoms with Crippen LogP contribution in [-0.4, -0.2) is 17.8 Å².